The molecule has 0 radical (unpaired) electrons. The number of benzene rings is 1. The summed E-state index contributed by atoms with van der Waals surface area (Å²) in [6, 6.07) is 9.78. The van der Waals surface area contributed by atoms with Crippen LogP contribution < -0.4 is 10.1 Å². The highest BCUT2D eigenvalue weighted by molar-refractivity contribution is 5.31. The van der Waals surface area contributed by atoms with Gasteiger partial charge in [0.25, 0.3) is 0 Å². The average molecular weight is 247 g/mol. The van der Waals surface area contributed by atoms with Crippen LogP contribution in [-0.4, -0.2) is 18.2 Å². The minimum atomic E-state index is 0.234. The van der Waals surface area contributed by atoms with Crippen LogP contribution >= 0.6 is 0 Å². The van der Waals surface area contributed by atoms with E-state index in [2.05, 4.69) is 51.2 Å². The van der Waals surface area contributed by atoms with E-state index in [1.165, 1.54) is 18.4 Å². The minimum Gasteiger partial charge on any atom is -0.491 e. The molecular formula is C16H25NO. The molecule has 1 N–H and O–H groups in total. The molecule has 1 aromatic rings. The smallest absolute Gasteiger partial charge is 0.119 e. The molecule has 2 rings (SSSR count). The predicted molar refractivity (Wildman–Crippen MR) is 76.2 cm³/mol. The number of nitrogens with one attached hydrogen (secondary N) is 1. The average Bonchev–Trinajstić information content (AvgIpc) is 3.11. The number of hydrogen-bond donors (Lipinski definition) is 1. The summed E-state index contributed by atoms with van der Waals surface area (Å²) >= 11 is 0. The molecule has 2 atom stereocenters. The molecule has 0 bridgehead atoms. The summed E-state index contributed by atoms with van der Waals surface area (Å²) < 4.78 is 5.76. The van der Waals surface area contributed by atoms with Gasteiger partial charge in [-0.3, -0.25) is 0 Å². The fourth-order valence-electron chi connectivity index (χ4n) is 2.20. The molecule has 1 aromatic carbocycles. The monoisotopic (exact) mass is 247 g/mol. The van der Waals surface area contributed by atoms with E-state index in [9.17, 15) is 0 Å². The summed E-state index contributed by atoms with van der Waals surface area (Å²) in [5, 5.41) is 3.67. The highest BCUT2D eigenvalue weighted by atomic mass is 16.5. The third-order valence-corrected chi connectivity index (χ3v) is 3.58. The Labute approximate surface area is 111 Å². The van der Waals surface area contributed by atoms with Crippen molar-refractivity contribution < 1.29 is 4.74 Å². The second kappa shape index (κ2) is 5.75. The first-order valence-electron chi connectivity index (χ1n) is 7.09. The lowest BCUT2D eigenvalue weighted by molar-refractivity contribution is 0.242. The molecule has 1 fully saturated rings. The van der Waals surface area contributed by atoms with Crippen LogP contribution in [-0.2, 0) is 0 Å². The van der Waals surface area contributed by atoms with Crippen molar-refractivity contribution in [3.63, 3.8) is 0 Å². The summed E-state index contributed by atoms with van der Waals surface area (Å²) in [6.07, 6.45) is 2.92. The Bertz CT molecular complexity index is 384. The fraction of sp³-hybridized carbons (Fsp3) is 0.625. The van der Waals surface area contributed by atoms with Gasteiger partial charge in [-0.25, -0.2) is 0 Å². The number of hydrogen-bond acceptors (Lipinski definition) is 2. The molecule has 0 aromatic heterocycles. The Kier molecular flexibility index (Phi) is 4.28. The Hall–Kier alpha value is -1.02. The molecule has 100 valence electrons. The van der Waals surface area contributed by atoms with Crippen LogP contribution in [0.4, 0.5) is 0 Å². The predicted octanol–water partition coefficient (Wildman–Crippen LogP) is 3.72. The van der Waals surface area contributed by atoms with Crippen LogP contribution in [0.15, 0.2) is 24.3 Å². The summed E-state index contributed by atoms with van der Waals surface area (Å²) in [4.78, 5) is 0. The van der Waals surface area contributed by atoms with Crippen molar-refractivity contribution in [3.8, 4) is 5.75 Å². The van der Waals surface area contributed by atoms with Gasteiger partial charge in [0, 0.05) is 12.1 Å². The van der Waals surface area contributed by atoms with Crippen molar-refractivity contribution in [2.75, 3.05) is 0 Å². The van der Waals surface area contributed by atoms with Crippen LogP contribution in [0.25, 0.3) is 0 Å². The van der Waals surface area contributed by atoms with E-state index in [4.69, 9.17) is 4.74 Å². The van der Waals surface area contributed by atoms with Crippen molar-refractivity contribution >= 4 is 0 Å². The summed E-state index contributed by atoms with van der Waals surface area (Å²) in [5.41, 5.74) is 1.36. The van der Waals surface area contributed by atoms with E-state index in [0.717, 1.165) is 11.8 Å². The molecule has 1 saturated carbocycles. The van der Waals surface area contributed by atoms with Gasteiger partial charge in [-0.1, -0.05) is 19.1 Å². The van der Waals surface area contributed by atoms with Crippen LogP contribution in [0, 0.1) is 0 Å². The Balaban J connectivity index is 2.01. The molecule has 0 heterocycles. The topological polar surface area (TPSA) is 21.3 Å². The van der Waals surface area contributed by atoms with E-state index in [-0.39, 0.29) is 6.10 Å². The molecule has 2 nitrogen and oxygen atoms in total. The van der Waals surface area contributed by atoms with E-state index in [1.807, 2.05) is 6.07 Å². The molecular weight excluding hydrogens is 222 g/mol. The molecule has 0 spiro atoms. The highest BCUT2D eigenvalue weighted by Crippen LogP contribution is 2.27. The molecule has 0 amide bonds. The van der Waals surface area contributed by atoms with Crippen molar-refractivity contribution in [2.45, 2.75) is 64.6 Å². The highest BCUT2D eigenvalue weighted by Gasteiger charge is 2.25. The zero-order valence-corrected chi connectivity index (χ0v) is 11.9. The van der Waals surface area contributed by atoms with Gasteiger partial charge in [0.2, 0.25) is 0 Å². The first kappa shape index (κ1) is 13.4. The Morgan fingerprint density at radius 1 is 1.17 bits per heavy atom. The molecule has 0 aliphatic heterocycles. The van der Waals surface area contributed by atoms with Crippen LogP contribution in [0.1, 0.15) is 52.0 Å². The summed E-state index contributed by atoms with van der Waals surface area (Å²) in [5.74, 6) is 1.49. The Morgan fingerprint density at radius 3 is 2.50 bits per heavy atom. The number of rotatable bonds is 6. The summed E-state index contributed by atoms with van der Waals surface area (Å²) in [6.45, 7) is 8.69. The van der Waals surface area contributed by atoms with Gasteiger partial charge in [0.15, 0.2) is 0 Å². The van der Waals surface area contributed by atoms with Gasteiger partial charge in [-0.15, -0.1) is 0 Å². The fourth-order valence-corrected chi connectivity index (χ4v) is 2.20. The van der Waals surface area contributed by atoms with E-state index < -0.39 is 0 Å². The zero-order chi connectivity index (χ0) is 13.1. The summed E-state index contributed by atoms with van der Waals surface area (Å²) in [7, 11) is 0. The van der Waals surface area contributed by atoms with Crippen molar-refractivity contribution in [2.24, 2.45) is 0 Å². The SMILES string of the molecule is CC(C)Oc1cccc(C(C)C(C)NC2CC2)c1. The maximum absolute atomic E-state index is 5.76. The third-order valence-electron chi connectivity index (χ3n) is 3.58. The molecule has 18 heavy (non-hydrogen) atoms. The minimum absolute atomic E-state index is 0.234. The standard InChI is InChI=1S/C16H25NO/c1-11(2)18-16-7-5-6-14(10-16)12(3)13(4)17-15-8-9-15/h5-7,10-13,15,17H,8-9H2,1-4H3. The molecule has 2 unspecified atom stereocenters. The van der Waals surface area contributed by atoms with Gasteiger partial charge in [0.05, 0.1) is 6.10 Å². The zero-order valence-electron chi connectivity index (χ0n) is 11.9. The molecule has 1 aliphatic carbocycles. The van der Waals surface area contributed by atoms with Gasteiger partial charge in [0.1, 0.15) is 5.75 Å². The van der Waals surface area contributed by atoms with Gasteiger partial charge in [-0.05, 0) is 57.2 Å². The van der Waals surface area contributed by atoms with Crippen LogP contribution in [0.5, 0.6) is 5.75 Å². The molecule has 1 aliphatic rings. The lowest BCUT2D eigenvalue weighted by Crippen LogP contribution is -2.32. The van der Waals surface area contributed by atoms with E-state index in [1.54, 1.807) is 0 Å². The normalized spacial score (nSPS) is 18.7. The van der Waals surface area contributed by atoms with Crippen molar-refractivity contribution in [1.29, 1.82) is 0 Å². The van der Waals surface area contributed by atoms with Gasteiger partial charge < -0.3 is 10.1 Å². The van der Waals surface area contributed by atoms with Crippen molar-refractivity contribution in [3.05, 3.63) is 29.8 Å². The Morgan fingerprint density at radius 2 is 1.89 bits per heavy atom. The molecule has 2 heteroatoms. The molecule has 0 saturated heterocycles. The quantitative estimate of drug-likeness (QED) is 0.827. The van der Waals surface area contributed by atoms with Gasteiger partial charge >= 0.3 is 0 Å². The number of ether oxygens (including phenoxy) is 1. The first-order valence-corrected chi connectivity index (χ1v) is 7.09. The van der Waals surface area contributed by atoms with Crippen LogP contribution in [0.2, 0.25) is 0 Å². The van der Waals surface area contributed by atoms with Gasteiger partial charge in [-0.2, -0.15) is 0 Å². The third kappa shape index (κ3) is 3.74. The second-order valence-electron chi connectivity index (χ2n) is 5.76. The maximum atomic E-state index is 5.76. The lowest BCUT2D eigenvalue weighted by atomic mass is 9.94. The van der Waals surface area contributed by atoms with Crippen molar-refractivity contribution in [1.82, 2.24) is 5.32 Å². The van der Waals surface area contributed by atoms with E-state index in [0.29, 0.717) is 12.0 Å². The first-order chi connectivity index (χ1) is 8.56. The van der Waals surface area contributed by atoms with E-state index >= 15 is 0 Å². The second-order valence-corrected chi connectivity index (χ2v) is 5.76. The largest absolute Gasteiger partial charge is 0.491 e. The maximum Gasteiger partial charge on any atom is 0.119 e. The lowest BCUT2D eigenvalue weighted by Gasteiger charge is -2.22. The van der Waals surface area contributed by atoms with Crippen LogP contribution in [0.3, 0.4) is 0 Å².